The van der Waals surface area contributed by atoms with Crippen LogP contribution < -0.4 is 20.7 Å². The lowest BCUT2D eigenvalue weighted by Crippen LogP contribution is -2.29. The van der Waals surface area contributed by atoms with Gasteiger partial charge in [0.25, 0.3) is 0 Å². The molecular weight excluding hydrogens is 276 g/mol. The van der Waals surface area contributed by atoms with Gasteiger partial charge in [0.15, 0.2) is 0 Å². The molecule has 0 radical (unpaired) electrons. The molecule has 1 atom stereocenters. The van der Waals surface area contributed by atoms with E-state index in [1.54, 1.807) is 20.3 Å². The maximum Gasteiger partial charge on any atom is 0.124 e. The average molecular weight is 293 g/mol. The Kier molecular flexibility index (Phi) is 4.84. The summed E-state index contributed by atoms with van der Waals surface area (Å²) in [7, 11) is 3.25. The van der Waals surface area contributed by atoms with E-state index in [4.69, 9.17) is 26.9 Å². The third kappa shape index (κ3) is 3.04. The SMILES string of the molecule is COc1cccc(C(NN)c2cc(Cl)ccc2OC)c1. The molecule has 0 bridgehead atoms. The largest absolute Gasteiger partial charge is 0.497 e. The highest BCUT2D eigenvalue weighted by Crippen LogP contribution is 2.32. The van der Waals surface area contributed by atoms with E-state index in [0.717, 1.165) is 22.6 Å². The summed E-state index contributed by atoms with van der Waals surface area (Å²) in [6.45, 7) is 0. The molecular formula is C15H17ClN2O2. The van der Waals surface area contributed by atoms with Gasteiger partial charge in [-0.2, -0.15) is 0 Å². The minimum Gasteiger partial charge on any atom is -0.497 e. The van der Waals surface area contributed by atoms with E-state index in [1.807, 2.05) is 36.4 Å². The maximum absolute atomic E-state index is 6.07. The maximum atomic E-state index is 6.07. The monoisotopic (exact) mass is 292 g/mol. The van der Waals surface area contributed by atoms with Crippen molar-refractivity contribution in [2.45, 2.75) is 6.04 Å². The second-order valence-corrected chi connectivity index (χ2v) is 4.70. The summed E-state index contributed by atoms with van der Waals surface area (Å²) in [6.07, 6.45) is 0. The first kappa shape index (κ1) is 14.7. The van der Waals surface area contributed by atoms with Crippen LogP contribution in [0, 0.1) is 0 Å². The van der Waals surface area contributed by atoms with Crippen molar-refractivity contribution in [1.82, 2.24) is 5.43 Å². The van der Waals surface area contributed by atoms with Crippen LogP contribution in [0.3, 0.4) is 0 Å². The minimum atomic E-state index is -0.237. The van der Waals surface area contributed by atoms with Crippen molar-refractivity contribution in [1.29, 1.82) is 0 Å². The number of halogens is 1. The third-order valence-corrected chi connectivity index (χ3v) is 3.33. The number of hydrogen-bond acceptors (Lipinski definition) is 4. The van der Waals surface area contributed by atoms with E-state index in [1.165, 1.54) is 0 Å². The standard InChI is InChI=1S/C15H17ClN2O2/c1-19-12-5-3-4-10(8-12)15(18-17)13-9-11(16)6-7-14(13)20-2/h3-9,15,18H,17H2,1-2H3. The van der Waals surface area contributed by atoms with Crippen LogP contribution >= 0.6 is 11.6 Å². The highest BCUT2D eigenvalue weighted by Gasteiger charge is 2.18. The molecule has 20 heavy (non-hydrogen) atoms. The van der Waals surface area contributed by atoms with Crippen LogP contribution in [0.1, 0.15) is 17.2 Å². The fourth-order valence-corrected chi connectivity index (χ4v) is 2.30. The van der Waals surface area contributed by atoms with Crippen LogP contribution in [-0.4, -0.2) is 14.2 Å². The Hall–Kier alpha value is -1.75. The molecule has 3 N–H and O–H groups in total. The Balaban J connectivity index is 2.48. The number of methoxy groups -OCH3 is 2. The van der Waals surface area contributed by atoms with Gasteiger partial charge in [-0.25, -0.2) is 5.43 Å². The van der Waals surface area contributed by atoms with Crippen molar-refractivity contribution >= 4 is 11.6 Å². The number of nitrogens with one attached hydrogen (secondary N) is 1. The quantitative estimate of drug-likeness (QED) is 0.657. The van der Waals surface area contributed by atoms with Gasteiger partial charge >= 0.3 is 0 Å². The van der Waals surface area contributed by atoms with Gasteiger partial charge in [-0.1, -0.05) is 23.7 Å². The average Bonchev–Trinajstić information content (AvgIpc) is 2.48. The van der Waals surface area contributed by atoms with Crippen molar-refractivity contribution in [3.8, 4) is 11.5 Å². The van der Waals surface area contributed by atoms with Crippen LogP contribution in [0.15, 0.2) is 42.5 Å². The Labute approximate surface area is 123 Å². The van der Waals surface area contributed by atoms with Crippen molar-refractivity contribution in [2.24, 2.45) is 5.84 Å². The van der Waals surface area contributed by atoms with E-state index >= 15 is 0 Å². The molecule has 0 saturated carbocycles. The highest BCUT2D eigenvalue weighted by molar-refractivity contribution is 6.30. The number of nitrogens with two attached hydrogens (primary N) is 1. The molecule has 0 amide bonds. The van der Waals surface area contributed by atoms with Gasteiger partial charge in [0.1, 0.15) is 11.5 Å². The van der Waals surface area contributed by atoms with E-state index in [2.05, 4.69) is 5.43 Å². The summed E-state index contributed by atoms with van der Waals surface area (Å²) in [5.41, 5.74) is 4.63. The first-order chi connectivity index (χ1) is 9.69. The summed E-state index contributed by atoms with van der Waals surface area (Å²) in [5.74, 6) is 7.20. The molecule has 0 fully saturated rings. The minimum absolute atomic E-state index is 0.237. The molecule has 0 heterocycles. The lowest BCUT2D eigenvalue weighted by molar-refractivity contribution is 0.403. The molecule has 0 aliphatic rings. The van der Waals surface area contributed by atoms with Crippen LogP contribution in [0.2, 0.25) is 5.02 Å². The Bertz CT molecular complexity index is 590. The topological polar surface area (TPSA) is 56.5 Å². The van der Waals surface area contributed by atoms with Crippen LogP contribution in [0.25, 0.3) is 0 Å². The van der Waals surface area contributed by atoms with Crippen LogP contribution in [-0.2, 0) is 0 Å². The van der Waals surface area contributed by atoms with Crippen molar-refractivity contribution in [3.05, 3.63) is 58.6 Å². The molecule has 0 aliphatic carbocycles. The highest BCUT2D eigenvalue weighted by atomic mass is 35.5. The van der Waals surface area contributed by atoms with Gasteiger partial charge < -0.3 is 9.47 Å². The molecule has 106 valence electrons. The lowest BCUT2D eigenvalue weighted by Gasteiger charge is -2.20. The Morgan fingerprint density at radius 1 is 1.10 bits per heavy atom. The molecule has 2 aromatic rings. The molecule has 5 heteroatoms. The van der Waals surface area contributed by atoms with Gasteiger partial charge in [0, 0.05) is 10.6 Å². The van der Waals surface area contributed by atoms with E-state index in [0.29, 0.717) is 5.02 Å². The zero-order valence-electron chi connectivity index (χ0n) is 11.4. The van der Waals surface area contributed by atoms with Gasteiger partial charge in [-0.05, 0) is 35.9 Å². The smallest absolute Gasteiger partial charge is 0.124 e. The van der Waals surface area contributed by atoms with Crippen LogP contribution in [0.4, 0.5) is 0 Å². The zero-order valence-corrected chi connectivity index (χ0v) is 12.1. The van der Waals surface area contributed by atoms with Crippen molar-refractivity contribution in [2.75, 3.05) is 14.2 Å². The Morgan fingerprint density at radius 2 is 1.90 bits per heavy atom. The molecule has 0 spiro atoms. The van der Waals surface area contributed by atoms with Crippen molar-refractivity contribution in [3.63, 3.8) is 0 Å². The molecule has 4 nitrogen and oxygen atoms in total. The fraction of sp³-hybridized carbons (Fsp3) is 0.200. The summed E-state index contributed by atoms with van der Waals surface area (Å²) >= 11 is 6.07. The third-order valence-electron chi connectivity index (χ3n) is 3.10. The predicted octanol–water partition coefficient (Wildman–Crippen LogP) is 2.91. The first-order valence-corrected chi connectivity index (χ1v) is 6.51. The number of rotatable bonds is 5. The van der Waals surface area contributed by atoms with Gasteiger partial charge in [-0.3, -0.25) is 5.84 Å². The van der Waals surface area contributed by atoms with E-state index < -0.39 is 0 Å². The fourth-order valence-electron chi connectivity index (χ4n) is 2.12. The number of hydrazine groups is 1. The number of hydrogen-bond donors (Lipinski definition) is 2. The normalized spacial score (nSPS) is 12.0. The van der Waals surface area contributed by atoms with Gasteiger partial charge in [0.05, 0.1) is 20.3 Å². The lowest BCUT2D eigenvalue weighted by atomic mass is 9.98. The summed E-state index contributed by atoms with van der Waals surface area (Å²) < 4.78 is 10.6. The molecule has 1 unspecified atom stereocenters. The van der Waals surface area contributed by atoms with Gasteiger partial charge in [0.2, 0.25) is 0 Å². The van der Waals surface area contributed by atoms with Gasteiger partial charge in [-0.15, -0.1) is 0 Å². The molecule has 0 aliphatic heterocycles. The first-order valence-electron chi connectivity index (χ1n) is 6.13. The summed E-state index contributed by atoms with van der Waals surface area (Å²) in [4.78, 5) is 0. The molecule has 2 rings (SSSR count). The van der Waals surface area contributed by atoms with E-state index in [-0.39, 0.29) is 6.04 Å². The number of benzene rings is 2. The summed E-state index contributed by atoms with van der Waals surface area (Å²) in [5, 5.41) is 0.629. The predicted molar refractivity (Wildman–Crippen MR) is 80.2 cm³/mol. The Morgan fingerprint density at radius 3 is 2.55 bits per heavy atom. The van der Waals surface area contributed by atoms with Crippen LogP contribution in [0.5, 0.6) is 11.5 Å². The molecule has 0 saturated heterocycles. The number of ether oxygens (including phenoxy) is 2. The van der Waals surface area contributed by atoms with Crippen molar-refractivity contribution < 1.29 is 9.47 Å². The second-order valence-electron chi connectivity index (χ2n) is 4.26. The molecule has 0 aromatic heterocycles. The summed E-state index contributed by atoms with van der Waals surface area (Å²) in [6, 6.07) is 12.9. The zero-order chi connectivity index (χ0) is 14.5. The molecule has 2 aromatic carbocycles. The second kappa shape index (κ2) is 6.61. The van der Waals surface area contributed by atoms with E-state index in [9.17, 15) is 0 Å².